The van der Waals surface area contributed by atoms with E-state index in [4.69, 9.17) is 8.92 Å². The van der Waals surface area contributed by atoms with Crippen LogP contribution in [0.4, 0.5) is 0 Å². The first-order chi connectivity index (χ1) is 12.1. The van der Waals surface area contributed by atoms with Crippen LogP contribution in [0.3, 0.4) is 0 Å². The van der Waals surface area contributed by atoms with Gasteiger partial charge in [-0.25, -0.2) is 0 Å². The molecule has 0 aromatic heterocycles. The van der Waals surface area contributed by atoms with E-state index in [0.717, 1.165) is 25.1 Å². The zero-order valence-electron chi connectivity index (χ0n) is 14.3. The Kier molecular flexibility index (Phi) is 5.60. The summed E-state index contributed by atoms with van der Waals surface area (Å²) in [6.07, 6.45) is 2.10. The van der Waals surface area contributed by atoms with Gasteiger partial charge in [0.25, 0.3) is 0 Å². The van der Waals surface area contributed by atoms with E-state index in [9.17, 15) is 8.42 Å². The van der Waals surface area contributed by atoms with Crippen LogP contribution in [-0.2, 0) is 10.1 Å². The molecule has 2 aromatic carbocycles. The Morgan fingerprint density at radius 2 is 1.76 bits per heavy atom. The highest BCUT2D eigenvalue weighted by molar-refractivity contribution is 7.87. The summed E-state index contributed by atoms with van der Waals surface area (Å²) in [6.45, 7) is 1.36. The fourth-order valence-electron chi connectivity index (χ4n) is 3.19. The molecule has 1 aliphatic rings. The molecule has 25 heavy (non-hydrogen) atoms. The Bertz CT molecular complexity index is 775. The Morgan fingerprint density at radius 3 is 2.44 bits per heavy atom. The van der Waals surface area contributed by atoms with Crippen LogP contribution in [0.25, 0.3) is 0 Å². The van der Waals surface area contributed by atoms with Gasteiger partial charge in [0, 0.05) is 12.6 Å². The highest BCUT2D eigenvalue weighted by atomic mass is 32.2. The molecule has 6 heteroatoms. The van der Waals surface area contributed by atoms with Gasteiger partial charge in [-0.05, 0) is 49.2 Å². The van der Waals surface area contributed by atoms with Crippen molar-refractivity contribution in [3.8, 4) is 11.5 Å². The highest BCUT2D eigenvalue weighted by Gasteiger charge is 2.27. The first-order valence-corrected chi connectivity index (χ1v) is 10.0. The molecule has 0 N–H and O–H groups in total. The summed E-state index contributed by atoms with van der Waals surface area (Å²) in [4.78, 5) is 2.22. The quantitative estimate of drug-likeness (QED) is 0.709. The van der Waals surface area contributed by atoms with Crippen LogP contribution in [0.15, 0.2) is 54.6 Å². The average Bonchev–Trinajstić information content (AvgIpc) is 3.09. The minimum absolute atomic E-state index is 0.0193. The first kappa shape index (κ1) is 17.8. The largest absolute Gasteiger partial charge is 0.497 e. The molecule has 1 atom stereocenters. The normalized spacial score (nSPS) is 18.2. The van der Waals surface area contributed by atoms with Gasteiger partial charge in [-0.15, -0.1) is 0 Å². The topological polar surface area (TPSA) is 55.8 Å². The van der Waals surface area contributed by atoms with E-state index in [1.807, 2.05) is 18.2 Å². The molecule has 0 unspecified atom stereocenters. The third-order valence-corrected chi connectivity index (χ3v) is 5.59. The van der Waals surface area contributed by atoms with Gasteiger partial charge >= 0.3 is 10.1 Å². The smallest absolute Gasteiger partial charge is 0.310 e. The molecule has 1 aliphatic heterocycles. The van der Waals surface area contributed by atoms with E-state index < -0.39 is 10.1 Å². The van der Waals surface area contributed by atoms with E-state index in [1.165, 1.54) is 5.56 Å². The number of rotatable bonds is 7. The van der Waals surface area contributed by atoms with E-state index in [1.54, 1.807) is 31.4 Å². The number of nitrogens with zero attached hydrogens (tertiary/aromatic N) is 1. The van der Waals surface area contributed by atoms with Crippen molar-refractivity contribution in [1.82, 2.24) is 4.90 Å². The zero-order valence-corrected chi connectivity index (χ0v) is 15.1. The molecule has 5 nitrogen and oxygen atoms in total. The molecule has 1 fully saturated rings. The van der Waals surface area contributed by atoms with Crippen molar-refractivity contribution in [2.24, 2.45) is 0 Å². The van der Waals surface area contributed by atoms with Crippen LogP contribution in [0.5, 0.6) is 11.5 Å². The van der Waals surface area contributed by atoms with Gasteiger partial charge in [0.1, 0.15) is 11.5 Å². The summed E-state index contributed by atoms with van der Waals surface area (Å²) in [5.74, 6) is 1.16. The fourth-order valence-corrected chi connectivity index (χ4v) is 4.14. The second kappa shape index (κ2) is 7.89. The predicted octanol–water partition coefficient (Wildman–Crippen LogP) is 3.24. The van der Waals surface area contributed by atoms with Gasteiger partial charge in [0.15, 0.2) is 0 Å². The van der Waals surface area contributed by atoms with Gasteiger partial charge in [-0.3, -0.25) is 4.90 Å². The van der Waals surface area contributed by atoms with E-state index in [0.29, 0.717) is 12.3 Å². The minimum atomic E-state index is -3.60. The summed E-state index contributed by atoms with van der Waals surface area (Å²) >= 11 is 0. The summed E-state index contributed by atoms with van der Waals surface area (Å²) in [7, 11) is -1.95. The molecule has 2 aromatic rings. The molecule has 0 radical (unpaired) electrons. The Hall–Kier alpha value is -2.05. The van der Waals surface area contributed by atoms with Crippen LogP contribution in [0, 0.1) is 0 Å². The molecule has 0 bridgehead atoms. The molecule has 134 valence electrons. The highest BCUT2D eigenvalue weighted by Crippen LogP contribution is 2.32. The number of ether oxygens (including phenoxy) is 1. The Balaban J connectivity index is 1.61. The molecule has 1 saturated heterocycles. The molecule has 1 heterocycles. The van der Waals surface area contributed by atoms with Crippen molar-refractivity contribution in [2.45, 2.75) is 18.9 Å². The minimum Gasteiger partial charge on any atom is -0.497 e. The van der Waals surface area contributed by atoms with Crippen LogP contribution in [-0.4, -0.2) is 39.3 Å². The maximum atomic E-state index is 12.2. The number of likely N-dealkylation sites (tertiary alicyclic amines) is 1. The molecular formula is C19H23NO4S. The summed E-state index contributed by atoms with van der Waals surface area (Å²) in [5.41, 5.74) is 1.19. The van der Waals surface area contributed by atoms with Crippen LogP contribution < -0.4 is 8.92 Å². The average molecular weight is 361 g/mol. The lowest BCUT2D eigenvalue weighted by Crippen LogP contribution is -2.30. The Morgan fingerprint density at radius 1 is 1.04 bits per heavy atom. The maximum absolute atomic E-state index is 12.2. The number of hydrogen-bond donors (Lipinski definition) is 0. The van der Waals surface area contributed by atoms with Crippen LogP contribution in [0.1, 0.15) is 24.4 Å². The monoisotopic (exact) mass is 361 g/mol. The molecule has 0 amide bonds. The molecule has 3 rings (SSSR count). The predicted molar refractivity (Wildman–Crippen MR) is 97.4 cm³/mol. The molecular weight excluding hydrogens is 338 g/mol. The fraction of sp³-hybridized carbons (Fsp3) is 0.368. The van der Waals surface area contributed by atoms with Crippen molar-refractivity contribution in [3.05, 3.63) is 60.2 Å². The van der Waals surface area contributed by atoms with E-state index in [-0.39, 0.29) is 11.8 Å². The summed E-state index contributed by atoms with van der Waals surface area (Å²) in [5, 5.41) is 0. The van der Waals surface area contributed by atoms with E-state index in [2.05, 4.69) is 17.0 Å². The second-order valence-corrected chi connectivity index (χ2v) is 7.82. The molecule has 0 saturated carbocycles. The number of methoxy groups -OCH3 is 1. The Labute approximate surface area is 149 Å². The SMILES string of the molecule is COc1ccc([C@H]2CCCN2CCS(=O)(=O)Oc2ccccc2)cc1. The molecule has 0 aliphatic carbocycles. The van der Waals surface area contributed by atoms with E-state index >= 15 is 0 Å². The summed E-state index contributed by atoms with van der Waals surface area (Å²) in [6, 6.07) is 16.9. The number of benzene rings is 2. The third kappa shape index (κ3) is 4.74. The van der Waals surface area contributed by atoms with Gasteiger partial charge in [0.2, 0.25) is 0 Å². The lowest BCUT2D eigenvalue weighted by molar-refractivity contribution is 0.270. The lowest BCUT2D eigenvalue weighted by Gasteiger charge is -2.24. The second-order valence-electron chi connectivity index (χ2n) is 6.13. The van der Waals surface area contributed by atoms with Gasteiger partial charge in [-0.2, -0.15) is 8.42 Å². The van der Waals surface area contributed by atoms with Gasteiger partial charge in [0.05, 0.1) is 12.9 Å². The van der Waals surface area contributed by atoms with Crippen molar-refractivity contribution in [1.29, 1.82) is 0 Å². The van der Waals surface area contributed by atoms with Crippen molar-refractivity contribution < 1.29 is 17.3 Å². The first-order valence-electron chi connectivity index (χ1n) is 8.42. The molecule has 0 spiro atoms. The van der Waals surface area contributed by atoms with Gasteiger partial charge in [-0.1, -0.05) is 30.3 Å². The number of hydrogen-bond acceptors (Lipinski definition) is 5. The van der Waals surface area contributed by atoms with Crippen molar-refractivity contribution in [3.63, 3.8) is 0 Å². The summed E-state index contributed by atoms with van der Waals surface area (Å²) < 4.78 is 34.8. The lowest BCUT2D eigenvalue weighted by atomic mass is 10.0. The number of para-hydroxylation sites is 1. The van der Waals surface area contributed by atoms with Crippen molar-refractivity contribution >= 4 is 10.1 Å². The zero-order chi connectivity index (χ0) is 17.7. The van der Waals surface area contributed by atoms with Crippen LogP contribution in [0.2, 0.25) is 0 Å². The third-order valence-electron chi connectivity index (χ3n) is 4.46. The standard InChI is InChI=1S/C19H23NO4S/c1-23-17-11-9-16(10-12-17)19-8-5-13-20(19)14-15-25(21,22)24-18-6-3-2-4-7-18/h2-4,6-7,9-12,19H,5,8,13-15H2,1H3/t19-/m1/s1. The van der Waals surface area contributed by atoms with Gasteiger partial charge < -0.3 is 8.92 Å². The van der Waals surface area contributed by atoms with Crippen LogP contribution >= 0.6 is 0 Å². The maximum Gasteiger partial charge on any atom is 0.310 e. The van der Waals surface area contributed by atoms with Crippen molar-refractivity contribution in [2.75, 3.05) is 26.0 Å².